The van der Waals surface area contributed by atoms with Gasteiger partial charge in [0.15, 0.2) is 5.43 Å². The second-order valence-corrected chi connectivity index (χ2v) is 8.13. The third kappa shape index (κ3) is 3.97. The van der Waals surface area contributed by atoms with Crippen LogP contribution in [-0.2, 0) is 6.54 Å². The normalized spacial score (nSPS) is 14.8. The summed E-state index contributed by atoms with van der Waals surface area (Å²) in [4.78, 5) is 22.1. The second kappa shape index (κ2) is 8.36. The van der Waals surface area contributed by atoms with E-state index in [1.54, 1.807) is 12.3 Å². The van der Waals surface area contributed by atoms with Crippen LogP contribution >= 0.6 is 0 Å². The molecule has 0 amide bonds. The number of fused-ring (bicyclic) bond motifs is 1. The molecule has 1 aliphatic heterocycles. The Balaban J connectivity index is 1.51. The minimum Gasteiger partial charge on any atom is -0.355 e. The zero-order chi connectivity index (χ0) is 21.2. The summed E-state index contributed by atoms with van der Waals surface area (Å²) < 4.78 is 2.21. The zero-order valence-electron chi connectivity index (χ0n) is 17.7. The van der Waals surface area contributed by atoms with Crippen LogP contribution in [0, 0.1) is 6.92 Å². The van der Waals surface area contributed by atoms with Gasteiger partial charge in [-0.15, -0.1) is 0 Å². The van der Waals surface area contributed by atoms with Crippen molar-refractivity contribution in [2.24, 2.45) is 0 Å². The fourth-order valence-electron chi connectivity index (χ4n) is 4.36. The van der Waals surface area contributed by atoms with Crippen molar-refractivity contribution in [2.75, 3.05) is 31.1 Å². The Hall–Kier alpha value is -3.44. The van der Waals surface area contributed by atoms with Crippen LogP contribution in [0.3, 0.4) is 0 Å². The molecule has 2 aromatic carbocycles. The van der Waals surface area contributed by atoms with E-state index in [-0.39, 0.29) is 5.43 Å². The molecule has 3 heterocycles. The molecule has 1 aliphatic rings. The lowest BCUT2D eigenvalue weighted by atomic mass is 10.1. The summed E-state index contributed by atoms with van der Waals surface area (Å²) in [6, 6.07) is 24.7. The quantitative estimate of drug-likeness (QED) is 0.510. The summed E-state index contributed by atoms with van der Waals surface area (Å²) >= 11 is 0. The van der Waals surface area contributed by atoms with E-state index in [9.17, 15) is 4.79 Å². The number of piperazine rings is 1. The minimum atomic E-state index is 0.0244. The molecule has 1 saturated heterocycles. The van der Waals surface area contributed by atoms with E-state index in [2.05, 4.69) is 61.8 Å². The number of aryl methyl sites for hydroxylation is 1. The summed E-state index contributed by atoms with van der Waals surface area (Å²) in [6.45, 7) is 6.62. The van der Waals surface area contributed by atoms with Crippen LogP contribution in [0.25, 0.3) is 16.6 Å². The fourth-order valence-corrected chi connectivity index (χ4v) is 4.36. The third-order valence-electron chi connectivity index (χ3n) is 5.97. The highest BCUT2D eigenvalue weighted by Crippen LogP contribution is 2.26. The van der Waals surface area contributed by atoms with Crippen molar-refractivity contribution < 1.29 is 0 Å². The number of nitrogens with zero attached hydrogens (tertiary/aromatic N) is 4. The second-order valence-electron chi connectivity index (χ2n) is 8.13. The number of anilines is 1. The minimum absolute atomic E-state index is 0.0244. The Kier molecular flexibility index (Phi) is 5.26. The molecular weight excluding hydrogens is 384 g/mol. The maximum absolute atomic E-state index is 13.0. The van der Waals surface area contributed by atoms with Crippen LogP contribution in [0.4, 0.5) is 5.82 Å². The molecule has 0 bridgehead atoms. The molecule has 0 N–H and O–H groups in total. The topological polar surface area (TPSA) is 41.4 Å². The summed E-state index contributed by atoms with van der Waals surface area (Å²) in [6.07, 6.45) is 1.70. The summed E-state index contributed by atoms with van der Waals surface area (Å²) in [5.74, 6) is 0.952. The Morgan fingerprint density at radius 3 is 2.26 bits per heavy atom. The number of pyridine rings is 2. The van der Waals surface area contributed by atoms with Crippen molar-refractivity contribution in [3.63, 3.8) is 0 Å². The van der Waals surface area contributed by atoms with Crippen molar-refractivity contribution >= 4 is 16.7 Å². The van der Waals surface area contributed by atoms with Crippen molar-refractivity contribution in [2.45, 2.75) is 13.5 Å². The Morgan fingerprint density at radius 2 is 1.55 bits per heavy atom. The lowest BCUT2D eigenvalue weighted by Crippen LogP contribution is -2.47. The molecular formula is C26H26N4O. The van der Waals surface area contributed by atoms with E-state index in [0.717, 1.165) is 55.4 Å². The molecule has 0 saturated carbocycles. The highest BCUT2D eigenvalue weighted by molar-refractivity contribution is 5.83. The zero-order valence-corrected chi connectivity index (χ0v) is 17.7. The first-order valence-corrected chi connectivity index (χ1v) is 10.8. The Morgan fingerprint density at radius 1 is 0.871 bits per heavy atom. The average Bonchev–Trinajstić information content (AvgIpc) is 2.80. The van der Waals surface area contributed by atoms with Gasteiger partial charge in [0, 0.05) is 56.4 Å². The van der Waals surface area contributed by atoms with Crippen LogP contribution < -0.4 is 10.3 Å². The molecule has 0 spiro atoms. The van der Waals surface area contributed by atoms with Gasteiger partial charge in [0.05, 0.1) is 10.9 Å². The van der Waals surface area contributed by atoms with Gasteiger partial charge < -0.3 is 4.90 Å². The van der Waals surface area contributed by atoms with Crippen LogP contribution in [0.1, 0.15) is 11.3 Å². The molecule has 1 fully saturated rings. The van der Waals surface area contributed by atoms with E-state index < -0.39 is 0 Å². The Labute approximate surface area is 182 Å². The lowest BCUT2D eigenvalue weighted by molar-refractivity contribution is 0.249. The van der Waals surface area contributed by atoms with E-state index in [4.69, 9.17) is 0 Å². The maximum atomic E-state index is 13.0. The van der Waals surface area contributed by atoms with Crippen LogP contribution in [0.5, 0.6) is 0 Å². The predicted octanol–water partition coefficient (Wildman–Crippen LogP) is 4.02. The SMILES string of the molecule is Cc1cc2c(cn1)c(=O)cc(N1CCN(Cc3ccccc3)CC1)n2-c1ccccc1. The summed E-state index contributed by atoms with van der Waals surface area (Å²) in [7, 11) is 0. The number of hydrogen-bond donors (Lipinski definition) is 0. The van der Waals surface area contributed by atoms with E-state index in [1.165, 1.54) is 5.56 Å². The molecule has 4 aromatic rings. The van der Waals surface area contributed by atoms with Crippen LogP contribution in [-0.4, -0.2) is 40.6 Å². The molecule has 0 unspecified atom stereocenters. The molecule has 5 rings (SSSR count). The van der Waals surface area contributed by atoms with Gasteiger partial charge >= 0.3 is 0 Å². The predicted molar refractivity (Wildman–Crippen MR) is 126 cm³/mol. The molecule has 156 valence electrons. The number of aromatic nitrogens is 2. The van der Waals surface area contributed by atoms with Crippen LogP contribution in [0.15, 0.2) is 83.8 Å². The van der Waals surface area contributed by atoms with Gasteiger partial charge in [-0.05, 0) is 30.7 Å². The van der Waals surface area contributed by atoms with Gasteiger partial charge in [0.25, 0.3) is 0 Å². The smallest absolute Gasteiger partial charge is 0.193 e. The average molecular weight is 411 g/mol. The summed E-state index contributed by atoms with van der Waals surface area (Å²) in [5.41, 5.74) is 4.23. The molecule has 0 radical (unpaired) electrons. The van der Waals surface area contributed by atoms with Crippen molar-refractivity contribution in [1.82, 2.24) is 14.5 Å². The van der Waals surface area contributed by atoms with Gasteiger partial charge in [-0.2, -0.15) is 0 Å². The van der Waals surface area contributed by atoms with Gasteiger partial charge in [-0.25, -0.2) is 0 Å². The van der Waals surface area contributed by atoms with Crippen molar-refractivity contribution in [3.05, 3.63) is 100 Å². The molecule has 5 nitrogen and oxygen atoms in total. The van der Waals surface area contributed by atoms with Gasteiger partial charge in [0.2, 0.25) is 0 Å². The number of para-hydroxylation sites is 1. The van der Waals surface area contributed by atoms with Gasteiger partial charge in [0.1, 0.15) is 5.82 Å². The first kappa shape index (κ1) is 19.5. The van der Waals surface area contributed by atoms with E-state index in [1.807, 2.05) is 31.2 Å². The van der Waals surface area contributed by atoms with E-state index >= 15 is 0 Å². The van der Waals surface area contributed by atoms with Gasteiger partial charge in [-0.1, -0.05) is 48.5 Å². The lowest BCUT2D eigenvalue weighted by Gasteiger charge is -2.37. The fraction of sp³-hybridized carbons (Fsp3) is 0.231. The number of hydrogen-bond acceptors (Lipinski definition) is 4. The van der Waals surface area contributed by atoms with E-state index in [0.29, 0.717) is 5.39 Å². The highest BCUT2D eigenvalue weighted by atomic mass is 16.1. The number of rotatable bonds is 4. The molecule has 5 heteroatoms. The molecule has 31 heavy (non-hydrogen) atoms. The molecule has 0 aliphatic carbocycles. The van der Waals surface area contributed by atoms with Gasteiger partial charge in [-0.3, -0.25) is 19.2 Å². The summed E-state index contributed by atoms with van der Waals surface area (Å²) in [5, 5.41) is 0.654. The third-order valence-corrected chi connectivity index (χ3v) is 5.97. The first-order chi connectivity index (χ1) is 15.2. The molecule has 0 atom stereocenters. The highest BCUT2D eigenvalue weighted by Gasteiger charge is 2.22. The molecule has 2 aromatic heterocycles. The first-order valence-electron chi connectivity index (χ1n) is 10.8. The largest absolute Gasteiger partial charge is 0.355 e. The van der Waals surface area contributed by atoms with Crippen molar-refractivity contribution in [3.8, 4) is 5.69 Å². The number of benzene rings is 2. The Bertz CT molecular complexity index is 1240. The maximum Gasteiger partial charge on any atom is 0.193 e. The monoisotopic (exact) mass is 410 g/mol. The standard InChI is InChI=1S/C26H26N4O/c1-20-16-24-23(18-27-20)25(31)17-26(30(24)22-10-6-3-7-11-22)29-14-12-28(13-15-29)19-21-8-4-2-5-9-21/h2-11,16-18H,12-15,19H2,1H3. The van der Waals surface area contributed by atoms with Crippen molar-refractivity contribution in [1.29, 1.82) is 0 Å². The van der Waals surface area contributed by atoms with Crippen LogP contribution in [0.2, 0.25) is 0 Å².